The fourth-order valence-corrected chi connectivity index (χ4v) is 2.96. The number of anilines is 1. The molecule has 1 aliphatic rings. The van der Waals surface area contributed by atoms with Gasteiger partial charge >= 0.3 is 0 Å². The van der Waals surface area contributed by atoms with Gasteiger partial charge in [-0.3, -0.25) is 9.69 Å². The maximum atomic E-state index is 12.2. The Kier molecular flexibility index (Phi) is 6.21. The van der Waals surface area contributed by atoms with E-state index in [1.165, 1.54) is 5.56 Å². The van der Waals surface area contributed by atoms with Crippen molar-refractivity contribution in [2.24, 2.45) is 5.92 Å². The average Bonchev–Trinajstić information content (AvgIpc) is 2.48. The lowest BCUT2D eigenvalue weighted by Crippen LogP contribution is -2.44. The molecule has 1 heterocycles. The molecule has 0 aliphatic carbocycles. The lowest BCUT2D eigenvalue weighted by molar-refractivity contribution is -0.127. The zero-order valence-electron chi connectivity index (χ0n) is 13.5. The van der Waals surface area contributed by atoms with Crippen LogP contribution < -0.4 is 11.1 Å². The molecule has 5 heteroatoms. The number of nitrogens with zero attached hydrogens (tertiary/aromatic N) is 1. The van der Waals surface area contributed by atoms with E-state index in [1.807, 2.05) is 25.1 Å². The predicted molar refractivity (Wildman–Crippen MR) is 88.3 cm³/mol. The number of methoxy groups -OCH3 is 1. The minimum Gasteiger partial charge on any atom is -0.399 e. The van der Waals surface area contributed by atoms with Gasteiger partial charge in [-0.25, -0.2) is 0 Å². The van der Waals surface area contributed by atoms with Crippen molar-refractivity contribution in [3.05, 3.63) is 29.8 Å². The molecule has 0 radical (unpaired) electrons. The number of ether oxygens (including phenoxy) is 1. The van der Waals surface area contributed by atoms with Crippen LogP contribution in [0.5, 0.6) is 0 Å². The Hall–Kier alpha value is -1.59. The molecule has 1 aromatic carbocycles. The molecular weight excluding hydrogens is 278 g/mol. The van der Waals surface area contributed by atoms with Crippen LogP contribution in [-0.4, -0.2) is 43.7 Å². The summed E-state index contributed by atoms with van der Waals surface area (Å²) in [6.07, 6.45) is 1.82. The van der Waals surface area contributed by atoms with E-state index in [0.29, 0.717) is 6.61 Å². The summed E-state index contributed by atoms with van der Waals surface area (Å²) in [7, 11) is 1.65. The average molecular weight is 305 g/mol. The Morgan fingerprint density at radius 2 is 2.18 bits per heavy atom. The molecule has 1 aromatic rings. The normalized spacial score (nSPS) is 18.1. The highest BCUT2D eigenvalue weighted by Crippen LogP contribution is 2.20. The number of nitrogens with two attached hydrogens (primary N) is 1. The van der Waals surface area contributed by atoms with Gasteiger partial charge in [0.15, 0.2) is 0 Å². The van der Waals surface area contributed by atoms with Gasteiger partial charge in [-0.1, -0.05) is 12.1 Å². The first-order valence-electron chi connectivity index (χ1n) is 7.94. The van der Waals surface area contributed by atoms with Crippen molar-refractivity contribution in [2.75, 3.05) is 32.5 Å². The van der Waals surface area contributed by atoms with E-state index in [-0.39, 0.29) is 17.9 Å². The Morgan fingerprint density at radius 3 is 2.82 bits per heavy atom. The summed E-state index contributed by atoms with van der Waals surface area (Å²) in [6.45, 7) is 5.33. The lowest BCUT2D eigenvalue weighted by atomic mass is 9.95. The second-order valence-electron chi connectivity index (χ2n) is 6.16. The fraction of sp³-hybridized carbons (Fsp3) is 0.588. The first-order valence-corrected chi connectivity index (χ1v) is 7.94. The van der Waals surface area contributed by atoms with Crippen LogP contribution >= 0.6 is 0 Å². The number of nitrogen functional groups attached to an aromatic ring is 1. The molecule has 3 N–H and O–H groups in total. The molecule has 5 nitrogen and oxygen atoms in total. The minimum absolute atomic E-state index is 0.0721. The lowest BCUT2D eigenvalue weighted by Gasteiger charge is -2.31. The molecule has 0 spiro atoms. The first kappa shape index (κ1) is 16.8. The second-order valence-corrected chi connectivity index (χ2v) is 6.16. The number of benzene rings is 1. The topological polar surface area (TPSA) is 67.6 Å². The number of hydrogen-bond acceptors (Lipinski definition) is 4. The minimum atomic E-state index is 0.0721. The van der Waals surface area contributed by atoms with Crippen molar-refractivity contribution in [3.8, 4) is 0 Å². The fourth-order valence-electron chi connectivity index (χ4n) is 2.96. The maximum Gasteiger partial charge on any atom is 0.223 e. The van der Waals surface area contributed by atoms with Crippen molar-refractivity contribution in [2.45, 2.75) is 32.4 Å². The number of carbonyl (C=O) groups is 1. The number of carbonyl (C=O) groups excluding carboxylic acids is 1. The monoisotopic (exact) mass is 305 g/mol. The van der Waals surface area contributed by atoms with E-state index in [9.17, 15) is 4.79 Å². The molecule has 1 saturated heterocycles. The van der Waals surface area contributed by atoms with Crippen molar-refractivity contribution in [1.29, 1.82) is 0 Å². The van der Waals surface area contributed by atoms with E-state index >= 15 is 0 Å². The molecule has 0 saturated carbocycles. The molecule has 22 heavy (non-hydrogen) atoms. The van der Waals surface area contributed by atoms with Gasteiger partial charge in [0, 0.05) is 31.3 Å². The van der Waals surface area contributed by atoms with Gasteiger partial charge in [0.1, 0.15) is 0 Å². The molecule has 122 valence electrons. The molecule has 1 atom stereocenters. The Balaban J connectivity index is 1.76. The molecular formula is C17H27N3O2. The summed E-state index contributed by atoms with van der Waals surface area (Å²) in [5.74, 6) is 0.282. The summed E-state index contributed by atoms with van der Waals surface area (Å²) in [6, 6.07) is 8.08. The van der Waals surface area contributed by atoms with Gasteiger partial charge < -0.3 is 15.8 Å². The third-order valence-corrected chi connectivity index (χ3v) is 4.12. The maximum absolute atomic E-state index is 12.2. The first-order chi connectivity index (χ1) is 10.6. The predicted octanol–water partition coefficient (Wildman–Crippen LogP) is 1.63. The van der Waals surface area contributed by atoms with Gasteiger partial charge in [-0.05, 0) is 50.6 Å². The van der Waals surface area contributed by atoms with E-state index in [1.54, 1.807) is 7.11 Å². The van der Waals surface area contributed by atoms with Gasteiger partial charge in [0.25, 0.3) is 0 Å². The van der Waals surface area contributed by atoms with Crippen LogP contribution in [0.3, 0.4) is 0 Å². The van der Waals surface area contributed by atoms with Crippen LogP contribution in [0.4, 0.5) is 5.69 Å². The number of rotatable bonds is 6. The second kappa shape index (κ2) is 8.15. The van der Waals surface area contributed by atoms with E-state index in [2.05, 4.69) is 16.3 Å². The zero-order valence-corrected chi connectivity index (χ0v) is 13.5. The molecule has 0 bridgehead atoms. The molecule has 1 aliphatic heterocycles. The van der Waals surface area contributed by atoms with Crippen LogP contribution in [0.2, 0.25) is 0 Å². The number of piperidine rings is 1. The molecule has 0 aromatic heterocycles. The molecule has 1 unspecified atom stereocenters. The highest BCUT2D eigenvalue weighted by atomic mass is 16.5. The van der Waals surface area contributed by atoms with Crippen LogP contribution in [0, 0.1) is 5.92 Å². The van der Waals surface area contributed by atoms with Crippen LogP contribution in [0.25, 0.3) is 0 Å². The summed E-state index contributed by atoms with van der Waals surface area (Å²) in [5, 5.41) is 3.02. The van der Waals surface area contributed by atoms with Gasteiger partial charge in [0.2, 0.25) is 5.91 Å². The third kappa shape index (κ3) is 5.00. The standard InChI is InChI=1S/C17H27N3O2/c1-13(12-22-2)19-17(21)15-6-8-20(9-7-15)11-14-4-3-5-16(18)10-14/h3-5,10,13,15H,6-9,11-12,18H2,1-2H3,(H,19,21). The van der Waals surface area contributed by atoms with Crippen LogP contribution in [-0.2, 0) is 16.1 Å². The number of amides is 1. The SMILES string of the molecule is COCC(C)NC(=O)C1CCN(Cc2cccc(N)c2)CC1. The van der Waals surface area contributed by atoms with Gasteiger partial charge in [-0.2, -0.15) is 0 Å². The molecule has 1 fully saturated rings. The Morgan fingerprint density at radius 1 is 1.45 bits per heavy atom. The summed E-state index contributed by atoms with van der Waals surface area (Å²) >= 11 is 0. The van der Waals surface area contributed by atoms with Gasteiger partial charge in [-0.15, -0.1) is 0 Å². The van der Waals surface area contributed by atoms with E-state index < -0.39 is 0 Å². The van der Waals surface area contributed by atoms with Crippen molar-refractivity contribution in [3.63, 3.8) is 0 Å². The largest absolute Gasteiger partial charge is 0.399 e. The Bertz CT molecular complexity index is 485. The van der Waals surface area contributed by atoms with E-state index in [0.717, 1.165) is 38.2 Å². The van der Waals surface area contributed by atoms with Crippen molar-refractivity contribution < 1.29 is 9.53 Å². The van der Waals surface area contributed by atoms with Crippen LogP contribution in [0.15, 0.2) is 24.3 Å². The molecule has 1 amide bonds. The zero-order chi connectivity index (χ0) is 15.9. The summed E-state index contributed by atoms with van der Waals surface area (Å²) in [4.78, 5) is 14.6. The van der Waals surface area contributed by atoms with Gasteiger partial charge in [0.05, 0.1) is 6.61 Å². The smallest absolute Gasteiger partial charge is 0.223 e. The summed E-state index contributed by atoms with van der Waals surface area (Å²) < 4.78 is 5.05. The third-order valence-electron chi connectivity index (χ3n) is 4.12. The molecule has 2 rings (SSSR count). The van der Waals surface area contributed by atoms with Crippen molar-refractivity contribution >= 4 is 11.6 Å². The quantitative estimate of drug-likeness (QED) is 0.784. The number of likely N-dealkylation sites (tertiary alicyclic amines) is 1. The summed E-state index contributed by atoms with van der Waals surface area (Å²) in [5.41, 5.74) is 7.85. The van der Waals surface area contributed by atoms with Crippen LogP contribution in [0.1, 0.15) is 25.3 Å². The highest BCUT2D eigenvalue weighted by Gasteiger charge is 2.25. The van der Waals surface area contributed by atoms with E-state index in [4.69, 9.17) is 10.5 Å². The number of hydrogen-bond donors (Lipinski definition) is 2. The number of nitrogens with one attached hydrogen (secondary N) is 1. The van der Waals surface area contributed by atoms with Crippen molar-refractivity contribution in [1.82, 2.24) is 10.2 Å². The highest BCUT2D eigenvalue weighted by molar-refractivity contribution is 5.79. The Labute approximate surface area is 132 Å².